The summed E-state index contributed by atoms with van der Waals surface area (Å²) in [6.45, 7) is 6.74. The van der Waals surface area contributed by atoms with Gasteiger partial charge in [0.25, 0.3) is 5.91 Å². The van der Waals surface area contributed by atoms with Gasteiger partial charge in [0.2, 0.25) is 0 Å². The highest BCUT2D eigenvalue weighted by Crippen LogP contribution is 2.29. The largest absolute Gasteiger partial charge is 0.351 e. The summed E-state index contributed by atoms with van der Waals surface area (Å²) >= 11 is 3.08. The van der Waals surface area contributed by atoms with E-state index in [0.717, 1.165) is 33.1 Å². The molecule has 4 rings (SSSR count). The standard InChI is InChI=1S/C21H22N4OS2/c1-13(2)25-17-7-5-4-6-16(17)24-18(25)8-10-22-20(26)19-14(3)23-21(28-19)15-9-11-27-12-15/h4-7,9,11-13H,8,10H2,1-3H3,(H,22,26). The van der Waals surface area contributed by atoms with Crippen molar-refractivity contribution in [3.05, 3.63) is 57.5 Å². The molecular weight excluding hydrogens is 388 g/mol. The molecule has 0 radical (unpaired) electrons. The molecule has 3 aromatic heterocycles. The molecule has 0 aliphatic heterocycles. The highest BCUT2D eigenvalue weighted by atomic mass is 32.1. The molecule has 1 aromatic carbocycles. The van der Waals surface area contributed by atoms with Crippen molar-refractivity contribution in [2.75, 3.05) is 6.54 Å². The third-order valence-electron chi connectivity index (χ3n) is 4.59. The molecule has 144 valence electrons. The van der Waals surface area contributed by atoms with E-state index in [1.807, 2.05) is 36.6 Å². The van der Waals surface area contributed by atoms with Crippen LogP contribution in [0, 0.1) is 6.92 Å². The number of imidazole rings is 1. The zero-order chi connectivity index (χ0) is 19.7. The molecule has 0 atom stereocenters. The number of aromatic nitrogens is 3. The SMILES string of the molecule is Cc1nc(-c2ccsc2)sc1C(=O)NCCc1nc2ccccc2n1C(C)C. The first-order chi connectivity index (χ1) is 13.5. The van der Waals surface area contributed by atoms with Crippen molar-refractivity contribution in [1.29, 1.82) is 0 Å². The number of nitrogens with zero attached hydrogens (tertiary/aromatic N) is 3. The Balaban J connectivity index is 1.47. The van der Waals surface area contributed by atoms with Crippen LogP contribution in [0.1, 0.15) is 41.1 Å². The van der Waals surface area contributed by atoms with E-state index < -0.39 is 0 Å². The van der Waals surface area contributed by atoms with Crippen LogP contribution in [0.2, 0.25) is 0 Å². The minimum atomic E-state index is -0.0660. The number of thiazole rings is 1. The molecule has 7 heteroatoms. The number of thiophene rings is 1. The number of amides is 1. The average molecular weight is 411 g/mol. The predicted molar refractivity (Wildman–Crippen MR) is 116 cm³/mol. The Kier molecular flexibility index (Phi) is 5.28. The molecule has 0 bridgehead atoms. The van der Waals surface area contributed by atoms with Crippen LogP contribution in [-0.4, -0.2) is 27.0 Å². The van der Waals surface area contributed by atoms with Gasteiger partial charge in [-0.15, -0.1) is 11.3 Å². The van der Waals surface area contributed by atoms with Crippen LogP contribution < -0.4 is 5.32 Å². The first-order valence-corrected chi connectivity index (χ1v) is 11.0. The highest BCUT2D eigenvalue weighted by Gasteiger charge is 2.17. The summed E-state index contributed by atoms with van der Waals surface area (Å²) < 4.78 is 2.24. The monoisotopic (exact) mass is 410 g/mol. The van der Waals surface area contributed by atoms with Crippen LogP contribution in [-0.2, 0) is 6.42 Å². The second-order valence-electron chi connectivity index (χ2n) is 6.93. The smallest absolute Gasteiger partial charge is 0.263 e. The third kappa shape index (κ3) is 3.59. The van der Waals surface area contributed by atoms with Gasteiger partial charge in [-0.1, -0.05) is 12.1 Å². The minimum absolute atomic E-state index is 0.0660. The van der Waals surface area contributed by atoms with Gasteiger partial charge in [0, 0.05) is 30.0 Å². The number of para-hydroxylation sites is 2. The Morgan fingerprint density at radius 1 is 1.21 bits per heavy atom. The lowest BCUT2D eigenvalue weighted by Crippen LogP contribution is -2.26. The first kappa shape index (κ1) is 18.8. The number of hydrogen-bond donors (Lipinski definition) is 1. The summed E-state index contributed by atoms with van der Waals surface area (Å²) in [5.74, 6) is 0.931. The van der Waals surface area contributed by atoms with Crippen LogP contribution in [0.5, 0.6) is 0 Å². The molecule has 0 aliphatic rings. The van der Waals surface area contributed by atoms with Crippen molar-refractivity contribution >= 4 is 39.6 Å². The number of rotatable bonds is 6. The number of fused-ring (bicyclic) bond motifs is 1. The molecule has 5 nitrogen and oxygen atoms in total. The fourth-order valence-electron chi connectivity index (χ4n) is 3.33. The predicted octanol–water partition coefficient (Wildman–Crippen LogP) is 5.08. The van der Waals surface area contributed by atoms with Gasteiger partial charge in [0.05, 0.1) is 16.7 Å². The highest BCUT2D eigenvalue weighted by molar-refractivity contribution is 7.17. The van der Waals surface area contributed by atoms with Crippen molar-refractivity contribution in [1.82, 2.24) is 19.9 Å². The van der Waals surface area contributed by atoms with E-state index in [1.165, 1.54) is 11.3 Å². The molecular formula is C21H22N4OS2. The van der Waals surface area contributed by atoms with E-state index in [2.05, 4.69) is 40.2 Å². The van der Waals surface area contributed by atoms with Crippen LogP contribution in [0.3, 0.4) is 0 Å². The molecule has 0 aliphatic carbocycles. The normalized spacial score (nSPS) is 11.4. The molecule has 0 unspecified atom stereocenters. The van der Waals surface area contributed by atoms with Gasteiger partial charge in [-0.2, -0.15) is 11.3 Å². The van der Waals surface area contributed by atoms with Crippen molar-refractivity contribution < 1.29 is 4.79 Å². The van der Waals surface area contributed by atoms with Gasteiger partial charge < -0.3 is 9.88 Å². The Bertz CT molecular complexity index is 1110. The van der Waals surface area contributed by atoms with E-state index in [-0.39, 0.29) is 5.91 Å². The maximum Gasteiger partial charge on any atom is 0.263 e. The minimum Gasteiger partial charge on any atom is -0.351 e. The Morgan fingerprint density at radius 2 is 2.04 bits per heavy atom. The Labute approximate surface area is 172 Å². The number of hydrogen-bond acceptors (Lipinski definition) is 5. The van der Waals surface area contributed by atoms with Gasteiger partial charge >= 0.3 is 0 Å². The van der Waals surface area contributed by atoms with E-state index in [0.29, 0.717) is 23.9 Å². The molecule has 4 aromatic rings. The second kappa shape index (κ2) is 7.85. The summed E-state index contributed by atoms with van der Waals surface area (Å²) in [4.78, 5) is 22.7. The molecule has 0 fully saturated rings. The molecule has 0 saturated heterocycles. The van der Waals surface area contributed by atoms with Crippen LogP contribution in [0.25, 0.3) is 21.6 Å². The maximum atomic E-state index is 12.7. The zero-order valence-corrected chi connectivity index (χ0v) is 17.7. The lowest BCUT2D eigenvalue weighted by Gasteiger charge is -2.13. The Morgan fingerprint density at radius 3 is 2.79 bits per heavy atom. The molecule has 1 amide bonds. The van der Waals surface area contributed by atoms with Gasteiger partial charge in [-0.25, -0.2) is 9.97 Å². The van der Waals surface area contributed by atoms with E-state index in [9.17, 15) is 4.79 Å². The topological polar surface area (TPSA) is 59.8 Å². The van der Waals surface area contributed by atoms with Gasteiger partial charge in [0.15, 0.2) is 0 Å². The summed E-state index contributed by atoms with van der Waals surface area (Å²) in [5.41, 5.74) is 3.98. The lowest BCUT2D eigenvalue weighted by atomic mass is 10.3. The third-order valence-corrected chi connectivity index (χ3v) is 6.48. The summed E-state index contributed by atoms with van der Waals surface area (Å²) in [7, 11) is 0. The van der Waals surface area contributed by atoms with Gasteiger partial charge in [-0.05, 0) is 44.4 Å². The second-order valence-corrected chi connectivity index (χ2v) is 8.71. The molecule has 1 N–H and O–H groups in total. The van der Waals surface area contributed by atoms with Crippen molar-refractivity contribution in [2.24, 2.45) is 0 Å². The van der Waals surface area contributed by atoms with Crippen LogP contribution in [0.15, 0.2) is 41.1 Å². The fraction of sp³-hybridized carbons (Fsp3) is 0.286. The number of carbonyl (C=O) groups excluding carboxylic acids is 1. The van der Waals surface area contributed by atoms with Crippen LogP contribution in [0.4, 0.5) is 0 Å². The molecule has 28 heavy (non-hydrogen) atoms. The zero-order valence-electron chi connectivity index (χ0n) is 16.1. The quantitative estimate of drug-likeness (QED) is 0.482. The fourth-order valence-corrected chi connectivity index (χ4v) is 5.03. The van der Waals surface area contributed by atoms with Crippen molar-refractivity contribution in [3.63, 3.8) is 0 Å². The molecule has 0 spiro atoms. The van der Waals surface area contributed by atoms with Crippen molar-refractivity contribution in [2.45, 2.75) is 33.2 Å². The van der Waals surface area contributed by atoms with Crippen molar-refractivity contribution in [3.8, 4) is 10.6 Å². The summed E-state index contributed by atoms with van der Waals surface area (Å²) in [5, 5.41) is 8.00. The first-order valence-electron chi connectivity index (χ1n) is 9.28. The Hall–Kier alpha value is -2.51. The number of carbonyl (C=O) groups is 1. The number of aryl methyl sites for hydroxylation is 1. The number of nitrogens with one attached hydrogen (secondary N) is 1. The van der Waals surface area contributed by atoms with Gasteiger partial charge in [-0.3, -0.25) is 4.79 Å². The lowest BCUT2D eigenvalue weighted by molar-refractivity contribution is 0.0957. The van der Waals surface area contributed by atoms with E-state index in [1.54, 1.807) is 11.3 Å². The summed E-state index contributed by atoms with van der Waals surface area (Å²) in [6.07, 6.45) is 0.688. The summed E-state index contributed by atoms with van der Waals surface area (Å²) in [6, 6.07) is 10.5. The molecule has 3 heterocycles. The van der Waals surface area contributed by atoms with E-state index in [4.69, 9.17) is 4.98 Å². The molecule has 0 saturated carbocycles. The number of benzene rings is 1. The van der Waals surface area contributed by atoms with Gasteiger partial charge in [0.1, 0.15) is 15.7 Å². The van der Waals surface area contributed by atoms with Crippen LogP contribution >= 0.6 is 22.7 Å². The maximum absolute atomic E-state index is 12.7. The van der Waals surface area contributed by atoms with E-state index >= 15 is 0 Å². The average Bonchev–Trinajstić information content (AvgIpc) is 3.39.